The molecule has 11 rings (SSSR count). The summed E-state index contributed by atoms with van der Waals surface area (Å²) in [6.07, 6.45) is 7.54. The first-order valence-corrected chi connectivity index (χ1v) is 19.0. The van der Waals surface area contributed by atoms with Gasteiger partial charge in [-0.05, 0) is 108 Å². The van der Waals surface area contributed by atoms with E-state index in [1.165, 1.54) is 54.4 Å². The van der Waals surface area contributed by atoms with Crippen molar-refractivity contribution >= 4 is 54.0 Å². The molecule has 0 radical (unpaired) electrons. The molecule has 3 heteroatoms. The average molecular weight is 712 g/mol. The van der Waals surface area contributed by atoms with Crippen molar-refractivity contribution in [1.82, 2.24) is 15.0 Å². The highest BCUT2D eigenvalue weighted by Gasteiger charge is 2.22. The number of rotatable bonds is 5. The fraction of sp³-hybridized carbons (Fsp3) is 0. The molecule has 0 aliphatic heterocycles. The van der Waals surface area contributed by atoms with E-state index in [1.54, 1.807) is 0 Å². The number of nitrogens with zero attached hydrogens (tertiary/aromatic N) is 3. The van der Waals surface area contributed by atoms with Gasteiger partial charge in [-0.1, -0.05) is 133 Å². The van der Waals surface area contributed by atoms with Gasteiger partial charge in [0, 0.05) is 57.6 Å². The van der Waals surface area contributed by atoms with Gasteiger partial charge >= 0.3 is 0 Å². The lowest BCUT2D eigenvalue weighted by molar-refractivity contribution is 1.32. The van der Waals surface area contributed by atoms with E-state index in [2.05, 4.69) is 174 Å². The van der Waals surface area contributed by atoms with Crippen LogP contribution in [0.2, 0.25) is 0 Å². The molecule has 11 aromatic rings. The van der Waals surface area contributed by atoms with Crippen molar-refractivity contribution in [3.05, 3.63) is 201 Å². The predicted octanol–water partition coefficient (Wildman–Crippen LogP) is 14.0. The fourth-order valence-corrected chi connectivity index (χ4v) is 8.74. The molecular weight excluding hydrogens is 679 g/mol. The number of hydrogen-bond donors (Lipinski definition) is 0. The second-order valence-corrected chi connectivity index (χ2v) is 14.4. The van der Waals surface area contributed by atoms with Gasteiger partial charge in [0.1, 0.15) is 0 Å². The van der Waals surface area contributed by atoms with Gasteiger partial charge in [0.2, 0.25) is 0 Å². The highest BCUT2D eigenvalue weighted by Crippen LogP contribution is 2.49. The normalized spacial score (nSPS) is 11.6. The molecule has 0 atom stereocenters. The van der Waals surface area contributed by atoms with E-state index in [4.69, 9.17) is 4.98 Å². The molecule has 0 aliphatic carbocycles. The molecule has 0 saturated heterocycles. The smallest absolute Gasteiger partial charge is 0.0788 e. The van der Waals surface area contributed by atoms with Crippen molar-refractivity contribution in [3.63, 3.8) is 0 Å². The molecule has 0 aliphatic rings. The van der Waals surface area contributed by atoms with Crippen LogP contribution in [0.1, 0.15) is 0 Å². The van der Waals surface area contributed by atoms with E-state index in [0.29, 0.717) is 0 Å². The van der Waals surface area contributed by atoms with Crippen molar-refractivity contribution in [2.45, 2.75) is 0 Å². The Hall–Kier alpha value is -7.49. The van der Waals surface area contributed by atoms with Gasteiger partial charge in [-0.3, -0.25) is 9.97 Å². The van der Waals surface area contributed by atoms with Gasteiger partial charge in [-0.15, -0.1) is 0 Å². The maximum Gasteiger partial charge on any atom is 0.0788 e. The minimum atomic E-state index is 0.992. The quantitative estimate of drug-likeness (QED) is 0.132. The first kappa shape index (κ1) is 32.0. The third kappa shape index (κ3) is 5.17. The van der Waals surface area contributed by atoms with Crippen LogP contribution in [0.15, 0.2) is 201 Å². The molecule has 3 aromatic heterocycles. The molecule has 8 aromatic carbocycles. The van der Waals surface area contributed by atoms with Crippen LogP contribution in [0.5, 0.6) is 0 Å². The summed E-state index contributed by atoms with van der Waals surface area (Å²) in [5.41, 5.74) is 12.2. The lowest BCUT2D eigenvalue weighted by Crippen LogP contribution is -1.95. The summed E-state index contributed by atoms with van der Waals surface area (Å²) in [5, 5.41) is 10.8. The third-order valence-electron chi connectivity index (χ3n) is 11.2. The summed E-state index contributed by atoms with van der Waals surface area (Å²) in [6, 6.07) is 63.5. The lowest BCUT2D eigenvalue weighted by Gasteiger charge is -2.21. The summed E-state index contributed by atoms with van der Waals surface area (Å²) in [4.78, 5) is 14.3. The maximum absolute atomic E-state index is 5.35. The van der Waals surface area contributed by atoms with Gasteiger partial charge in [-0.2, -0.15) is 0 Å². The number of benzene rings is 8. The van der Waals surface area contributed by atoms with Crippen molar-refractivity contribution in [2.75, 3.05) is 0 Å². The molecule has 0 unspecified atom stereocenters. The number of aromatic nitrogens is 3. The van der Waals surface area contributed by atoms with Gasteiger partial charge < -0.3 is 0 Å². The minimum absolute atomic E-state index is 0.992. The van der Waals surface area contributed by atoms with Gasteiger partial charge in [0.05, 0.1) is 11.2 Å². The third-order valence-corrected chi connectivity index (χ3v) is 11.2. The van der Waals surface area contributed by atoms with Crippen LogP contribution in [-0.2, 0) is 0 Å². The number of fused-ring (bicyclic) bond motifs is 7. The standard InChI is InChI=1S/C53H33N3/c1-2-14-34(15-3-1)53-48-31-47(40-18-4-5-19-41(40)52(48)46-24-10-11-25-49(46)56-53)51-44-22-8-6-20-42(44)50(43-21-7-9-23-45(43)51)39-29-37(35-16-12-26-54-32-35)28-38(30-39)36-17-13-27-55-33-36/h1-33H. The van der Waals surface area contributed by atoms with Crippen LogP contribution in [-0.4, -0.2) is 15.0 Å². The molecule has 0 bridgehead atoms. The lowest BCUT2D eigenvalue weighted by atomic mass is 9.82. The Kier molecular flexibility index (Phi) is 7.49. The number of pyridine rings is 3. The summed E-state index contributed by atoms with van der Waals surface area (Å²) in [7, 11) is 0. The van der Waals surface area contributed by atoms with Crippen molar-refractivity contribution in [3.8, 4) is 55.8 Å². The molecule has 0 N–H and O–H groups in total. The topological polar surface area (TPSA) is 38.7 Å². The Morgan fingerprint density at radius 2 is 0.786 bits per heavy atom. The van der Waals surface area contributed by atoms with Gasteiger partial charge in [0.25, 0.3) is 0 Å². The van der Waals surface area contributed by atoms with Crippen molar-refractivity contribution in [2.24, 2.45) is 0 Å². The second-order valence-electron chi connectivity index (χ2n) is 14.4. The van der Waals surface area contributed by atoms with Crippen LogP contribution in [0.25, 0.3) is 110 Å². The van der Waals surface area contributed by atoms with Crippen LogP contribution in [0.4, 0.5) is 0 Å². The van der Waals surface area contributed by atoms with Gasteiger partial charge in [-0.25, -0.2) is 4.98 Å². The summed E-state index contributed by atoms with van der Waals surface area (Å²) >= 11 is 0. The van der Waals surface area contributed by atoms with E-state index in [9.17, 15) is 0 Å². The molecule has 0 fully saturated rings. The summed E-state index contributed by atoms with van der Waals surface area (Å²) in [5.74, 6) is 0. The number of para-hydroxylation sites is 1. The zero-order valence-electron chi connectivity index (χ0n) is 30.4. The Labute approximate surface area is 324 Å². The highest BCUT2D eigenvalue weighted by molar-refractivity contribution is 6.29. The predicted molar refractivity (Wildman–Crippen MR) is 235 cm³/mol. The molecule has 3 heterocycles. The van der Waals surface area contributed by atoms with E-state index < -0.39 is 0 Å². The first-order valence-electron chi connectivity index (χ1n) is 19.0. The highest BCUT2D eigenvalue weighted by atomic mass is 14.7. The Morgan fingerprint density at radius 3 is 1.38 bits per heavy atom. The van der Waals surface area contributed by atoms with Crippen LogP contribution in [0, 0.1) is 0 Å². The maximum atomic E-state index is 5.35. The summed E-state index contributed by atoms with van der Waals surface area (Å²) in [6.45, 7) is 0. The van der Waals surface area contributed by atoms with E-state index in [-0.39, 0.29) is 0 Å². The molecule has 0 spiro atoms. The SMILES string of the molecule is c1ccc(-c2nc3ccccc3c3c2cc(-c2c4ccccc4c(-c4cc(-c5cccnc5)cc(-c5cccnc5)c4)c4ccccc24)c2ccccc23)cc1. The van der Waals surface area contributed by atoms with Gasteiger partial charge in [0.15, 0.2) is 0 Å². The molecule has 3 nitrogen and oxygen atoms in total. The van der Waals surface area contributed by atoms with E-state index in [0.717, 1.165) is 55.4 Å². The first-order chi connectivity index (χ1) is 27.8. The summed E-state index contributed by atoms with van der Waals surface area (Å²) < 4.78 is 0. The molecule has 0 amide bonds. The Morgan fingerprint density at radius 1 is 0.304 bits per heavy atom. The van der Waals surface area contributed by atoms with Crippen molar-refractivity contribution < 1.29 is 0 Å². The van der Waals surface area contributed by atoms with Crippen LogP contribution < -0.4 is 0 Å². The van der Waals surface area contributed by atoms with Crippen LogP contribution in [0.3, 0.4) is 0 Å². The fourth-order valence-electron chi connectivity index (χ4n) is 8.74. The zero-order chi connectivity index (χ0) is 37.0. The zero-order valence-corrected chi connectivity index (χ0v) is 30.4. The number of hydrogen-bond acceptors (Lipinski definition) is 3. The molecule has 0 saturated carbocycles. The largest absolute Gasteiger partial charge is 0.264 e. The minimum Gasteiger partial charge on any atom is -0.264 e. The second kappa shape index (κ2) is 13.1. The Bertz CT molecular complexity index is 3170. The molecule has 56 heavy (non-hydrogen) atoms. The Balaban J connectivity index is 1.27. The van der Waals surface area contributed by atoms with E-state index in [1.807, 2.05) is 36.9 Å². The molecule has 260 valence electrons. The molecular formula is C53H33N3. The van der Waals surface area contributed by atoms with Crippen molar-refractivity contribution in [1.29, 1.82) is 0 Å². The average Bonchev–Trinajstić information content (AvgIpc) is 3.28. The monoisotopic (exact) mass is 711 g/mol. The van der Waals surface area contributed by atoms with E-state index >= 15 is 0 Å². The van der Waals surface area contributed by atoms with Crippen LogP contribution >= 0.6 is 0 Å².